The first-order chi connectivity index (χ1) is 7.70. The molecule has 1 aromatic rings. The Labute approximate surface area is 98.8 Å². The van der Waals surface area contributed by atoms with Crippen LogP contribution in [0.15, 0.2) is 24.3 Å². The van der Waals surface area contributed by atoms with Gasteiger partial charge in [0.25, 0.3) is 5.91 Å². The van der Waals surface area contributed by atoms with Gasteiger partial charge in [-0.15, -0.1) is 0 Å². The van der Waals surface area contributed by atoms with Gasteiger partial charge in [0.15, 0.2) is 0 Å². The molecule has 1 fully saturated rings. The van der Waals surface area contributed by atoms with E-state index in [1.54, 1.807) is 23.9 Å². The number of carbonyl (C=O) groups excluding carboxylic acids is 1. The van der Waals surface area contributed by atoms with E-state index in [1.165, 1.54) is 12.1 Å². The molecule has 86 valence electrons. The van der Waals surface area contributed by atoms with Gasteiger partial charge in [-0.2, -0.15) is 11.8 Å². The van der Waals surface area contributed by atoms with E-state index in [1.807, 2.05) is 4.90 Å². The van der Waals surface area contributed by atoms with Crippen LogP contribution in [0.5, 0.6) is 0 Å². The smallest absolute Gasteiger partial charge is 0.253 e. The van der Waals surface area contributed by atoms with E-state index in [0.29, 0.717) is 10.8 Å². The number of amides is 1. The van der Waals surface area contributed by atoms with Crippen LogP contribution in [0.1, 0.15) is 16.8 Å². The summed E-state index contributed by atoms with van der Waals surface area (Å²) in [4.78, 5) is 13.9. The zero-order valence-electron chi connectivity index (χ0n) is 9.15. The van der Waals surface area contributed by atoms with Crippen molar-refractivity contribution in [3.05, 3.63) is 35.6 Å². The molecule has 1 atom stereocenters. The number of hydrogen-bond donors (Lipinski definition) is 0. The molecule has 1 heterocycles. The normalized spacial score (nSPS) is 20.1. The molecule has 0 aromatic heterocycles. The molecule has 1 aromatic carbocycles. The Balaban J connectivity index is 2.05. The SMILES string of the molecule is CSC1CCN(C(=O)c2ccc(F)cc2)C1. The maximum absolute atomic E-state index is 12.7. The van der Waals surface area contributed by atoms with E-state index >= 15 is 0 Å². The number of benzene rings is 1. The topological polar surface area (TPSA) is 20.3 Å². The van der Waals surface area contributed by atoms with Crippen LogP contribution >= 0.6 is 11.8 Å². The molecular formula is C12H14FNOS. The predicted molar refractivity (Wildman–Crippen MR) is 64.2 cm³/mol. The average molecular weight is 239 g/mol. The molecule has 2 nitrogen and oxygen atoms in total. The van der Waals surface area contributed by atoms with Crippen molar-refractivity contribution >= 4 is 17.7 Å². The molecule has 0 spiro atoms. The Morgan fingerprint density at radius 1 is 1.44 bits per heavy atom. The van der Waals surface area contributed by atoms with E-state index in [4.69, 9.17) is 0 Å². The standard InChI is InChI=1S/C12H14FNOS/c1-16-11-6-7-14(8-11)12(15)9-2-4-10(13)5-3-9/h2-5,11H,6-8H2,1H3. The zero-order valence-corrected chi connectivity index (χ0v) is 9.97. The lowest BCUT2D eigenvalue weighted by Crippen LogP contribution is -2.29. The van der Waals surface area contributed by atoms with Crippen molar-refractivity contribution in [2.75, 3.05) is 19.3 Å². The van der Waals surface area contributed by atoms with Crippen LogP contribution in [0.4, 0.5) is 4.39 Å². The van der Waals surface area contributed by atoms with E-state index in [9.17, 15) is 9.18 Å². The second-order valence-corrected chi connectivity index (χ2v) is 5.04. The molecule has 2 rings (SSSR count). The maximum Gasteiger partial charge on any atom is 0.253 e. The van der Waals surface area contributed by atoms with Gasteiger partial charge in [0.05, 0.1) is 0 Å². The van der Waals surface area contributed by atoms with Crippen molar-refractivity contribution in [2.24, 2.45) is 0 Å². The van der Waals surface area contributed by atoms with Gasteiger partial charge in [0.1, 0.15) is 5.82 Å². The van der Waals surface area contributed by atoms with Crippen LogP contribution < -0.4 is 0 Å². The van der Waals surface area contributed by atoms with Crippen molar-refractivity contribution < 1.29 is 9.18 Å². The first-order valence-corrected chi connectivity index (χ1v) is 6.57. The highest BCUT2D eigenvalue weighted by molar-refractivity contribution is 7.99. The van der Waals surface area contributed by atoms with Gasteiger partial charge in [0, 0.05) is 23.9 Å². The molecule has 1 aliphatic rings. The van der Waals surface area contributed by atoms with Crippen molar-refractivity contribution in [3.63, 3.8) is 0 Å². The number of carbonyl (C=O) groups is 1. The second kappa shape index (κ2) is 4.87. The fraction of sp³-hybridized carbons (Fsp3) is 0.417. The number of nitrogens with zero attached hydrogens (tertiary/aromatic N) is 1. The third-order valence-corrected chi connectivity index (χ3v) is 3.91. The lowest BCUT2D eigenvalue weighted by molar-refractivity contribution is 0.0793. The fourth-order valence-electron chi connectivity index (χ4n) is 1.88. The van der Waals surface area contributed by atoms with Gasteiger partial charge in [-0.25, -0.2) is 4.39 Å². The summed E-state index contributed by atoms with van der Waals surface area (Å²) in [6.45, 7) is 1.61. The lowest BCUT2D eigenvalue weighted by atomic mass is 10.2. The van der Waals surface area contributed by atoms with Gasteiger partial charge in [-0.05, 0) is 36.9 Å². The van der Waals surface area contributed by atoms with Crippen molar-refractivity contribution in [3.8, 4) is 0 Å². The molecule has 0 N–H and O–H groups in total. The fourth-order valence-corrected chi connectivity index (χ4v) is 2.55. The third-order valence-electron chi connectivity index (χ3n) is 2.86. The highest BCUT2D eigenvalue weighted by Gasteiger charge is 2.26. The van der Waals surface area contributed by atoms with Gasteiger partial charge in [-0.1, -0.05) is 0 Å². The van der Waals surface area contributed by atoms with Crippen molar-refractivity contribution in [1.29, 1.82) is 0 Å². The second-order valence-electron chi connectivity index (χ2n) is 3.90. The minimum Gasteiger partial charge on any atom is -0.337 e. The van der Waals surface area contributed by atoms with Crippen LogP contribution in [-0.2, 0) is 0 Å². The van der Waals surface area contributed by atoms with Crippen LogP contribution in [0, 0.1) is 5.82 Å². The summed E-state index contributed by atoms with van der Waals surface area (Å²) in [6.07, 6.45) is 3.12. The Morgan fingerprint density at radius 2 is 2.12 bits per heavy atom. The summed E-state index contributed by atoms with van der Waals surface area (Å²) in [5.74, 6) is -0.295. The van der Waals surface area contributed by atoms with E-state index < -0.39 is 0 Å². The Kier molecular flexibility index (Phi) is 3.49. The molecular weight excluding hydrogens is 225 g/mol. The molecule has 0 bridgehead atoms. The zero-order chi connectivity index (χ0) is 11.5. The summed E-state index contributed by atoms with van der Waals surface area (Å²) in [5.41, 5.74) is 0.572. The Bertz CT molecular complexity index is 379. The minimum atomic E-state index is -0.306. The first-order valence-electron chi connectivity index (χ1n) is 5.28. The van der Waals surface area contributed by atoms with Gasteiger partial charge in [0.2, 0.25) is 0 Å². The molecule has 0 saturated carbocycles. The summed E-state index contributed by atoms with van der Waals surface area (Å²) in [6, 6.07) is 5.75. The minimum absolute atomic E-state index is 0.0107. The quantitative estimate of drug-likeness (QED) is 0.790. The average Bonchev–Trinajstić information content (AvgIpc) is 2.77. The number of likely N-dealkylation sites (tertiary alicyclic amines) is 1. The van der Waals surface area contributed by atoms with Crippen LogP contribution in [-0.4, -0.2) is 35.4 Å². The largest absolute Gasteiger partial charge is 0.337 e. The molecule has 0 radical (unpaired) electrons. The Morgan fingerprint density at radius 3 is 2.69 bits per heavy atom. The molecule has 1 unspecified atom stereocenters. The molecule has 0 aliphatic carbocycles. The third kappa shape index (κ3) is 2.38. The van der Waals surface area contributed by atoms with Crippen molar-refractivity contribution in [1.82, 2.24) is 4.90 Å². The summed E-state index contributed by atoms with van der Waals surface area (Å²) < 4.78 is 12.7. The highest BCUT2D eigenvalue weighted by Crippen LogP contribution is 2.21. The van der Waals surface area contributed by atoms with E-state index in [-0.39, 0.29) is 11.7 Å². The Hall–Kier alpha value is -1.03. The lowest BCUT2D eigenvalue weighted by Gasteiger charge is -2.15. The molecule has 1 aliphatic heterocycles. The summed E-state index contributed by atoms with van der Waals surface area (Å²) in [7, 11) is 0. The van der Waals surface area contributed by atoms with E-state index in [0.717, 1.165) is 19.5 Å². The van der Waals surface area contributed by atoms with Crippen LogP contribution in [0.3, 0.4) is 0 Å². The molecule has 4 heteroatoms. The number of halogens is 1. The van der Waals surface area contributed by atoms with Gasteiger partial charge in [-0.3, -0.25) is 4.79 Å². The highest BCUT2D eigenvalue weighted by atomic mass is 32.2. The van der Waals surface area contributed by atoms with Gasteiger partial charge >= 0.3 is 0 Å². The molecule has 1 saturated heterocycles. The number of thioether (sulfide) groups is 1. The van der Waals surface area contributed by atoms with Crippen LogP contribution in [0.25, 0.3) is 0 Å². The predicted octanol–water partition coefficient (Wildman–Crippen LogP) is 2.40. The number of rotatable bonds is 2. The molecule has 1 amide bonds. The summed E-state index contributed by atoms with van der Waals surface area (Å²) in [5, 5.41) is 0.546. The summed E-state index contributed by atoms with van der Waals surface area (Å²) >= 11 is 1.80. The monoisotopic (exact) mass is 239 g/mol. The molecule has 16 heavy (non-hydrogen) atoms. The first kappa shape index (κ1) is 11.5. The van der Waals surface area contributed by atoms with Gasteiger partial charge < -0.3 is 4.90 Å². The maximum atomic E-state index is 12.7. The van der Waals surface area contributed by atoms with Crippen LogP contribution in [0.2, 0.25) is 0 Å². The van der Waals surface area contributed by atoms with Crippen molar-refractivity contribution in [2.45, 2.75) is 11.7 Å². The number of hydrogen-bond acceptors (Lipinski definition) is 2. The van der Waals surface area contributed by atoms with E-state index in [2.05, 4.69) is 6.26 Å².